The molecule has 0 radical (unpaired) electrons. The van der Waals surface area contributed by atoms with Gasteiger partial charge in [-0.2, -0.15) is 0 Å². The SMILES string of the molecule is CC(NC(=O)Oc1cccc2ccccc12)(c1ccccc1)C1CC(Cc2ccccc2)=NO1. The molecule has 1 amide bonds. The monoisotopic (exact) mass is 450 g/mol. The summed E-state index contributed by atoms with van der Waals surface area (Å²) < 4.78 is 5.78. The number of amides is 1. The molecule has 2 atom stereocenters. The van der Waals surface area contributed by atoms with Crippen molar-refractivity contribution in [2.24, 2.45) is 5.16 Å². The van der Waals surface area contributed by atoms with Gasteiger partial charge >= 0.3 is 6.09 Å². The Morgan fingerprint density at radius 1 is 0.941 bits per heavy atom. The van der Waals surface area contributed by atoms with E-state index in [0.29, 0.717) is 18.6 Å². The predicted octanol–water partition coefficient (Wildman–Crippen LogP) is 6.23. The number of carbonyl (C=O) groups is 1. The van der Waals surface area contributed by atoms with E-state index in [2.05, 4.69) is 22.6 Å². The molecule has 4 aromatic carbocycles. The number of hydrogen-bond acceptors (Lipinski definition) is 4. The van der Waals surface area contributed by atoms with E-state index < -0.39 is 11.6 Å². The van der Waals surface area contributed by atoms with Crippen molar-refractivity contribution in [2.45, 2.75) is 31.4 Å². The molecule has 0 fully saturated rings. The fourth-order valence-corrected chi connectivity index (χ4v) is 4.42. The van der Waals surface area contributed by atoms with Crippen molar-refractivity contribution in [3.63, 3.8) is 0 Å². The van der Waals surface area contributed by atoms with Crippen molar-refractivity contribution in [3.05, 3.63) is 114 Å². The first kappa shape index (κ1) is 21.7. The molecule has 5 heteroatoms. The number of benzene rings is 4. The average Bonchev–Trinajstić information content (AvgIpc) is 3.34. The molecule has 0 bridgehead atoms. The Hall–Kier alpha value is -4.12. The van der Waals surface area contributed by atoms with Crippen LogP contribution < -0.4 is 10.1 Å². The Labute approximate surface area is 199 Å². The number of nitrogens with one attached hydrogen (secondary N) is 1. The number of ether oxygens (including phenoxy) is 1. The largest absolute Gasteiger partial charge is 0.413 e. The van der Waals surface area contributed by atoms with Crippen LogP contribution in [0.15, 0.2) is 108 Å². The summed E-state index contributed by atoms with van der Waals surface area (Å²) in [5, 5.41) is 9.34. The summed E-state index contributed by atoms with van der Waals surface area (Å²) in [6.07, 6.45) is 0.411. The molecular formula is C29H26N2O3. The van der Waals surface area contributed by atoms with Gasteiger partial charge in [-0.05, 0) is 29.5 Å². The highest BCUT2D eigenvalue weighted by atomic mass is 16.6. The molecule has 0 aromatic heterocycles. The Morgan fingerprint density at radius 2 is 1.62 bits per heavy atom. The minimum absolute atomic E-state index is 0.367. The van der Waals surface area contributed by atoms with Gasteiger partial charge in [0.25, 0.3) is 0 Å². The van der Waals surface area contributed by atoms with Crippen LogP contribution in [-0.2, 0) is 16.8 Å². The highest BCUT2D eigenvalue weighted by Crippen LogP contribution is 2.33. The Bertz CT molecular complexity index is 1320. The van der Waals surface area contributed by atoms with Crippen LogP contribution in [0.1, 0.15) is 24.5 Å². The van der Waals surface area contributed by atoms with E-state index >= 15 is 0 Å². The minimum atomic E-state index is -0.842. The van der Waals surface area contributed by atoms with Crippen LogP contribution in [0.25, 0.3) is 10.8 Å². The first-order valence-electron chi connectivity index (χ1n) is 11.4. The normalized spacial score (nSPS) is 16.9. The van der Waals surface area contributed by atoms with Crippen molar-refractivity contribution < 1.29 is 14.4 Å². The number of rotatable bonds is 6. The van der Waals surface area contributed by atoms with Crippen molar-refractivity contribution >= 4 is 22.6 Å². The van der Waals surface area contributed by atoms with Crippen LogP contribution in [0, 0.1) is 0 Å². The van der Waals surface area contributed by atoms with E-state index in [-0.39, 0.29) is 6.10 Å². The van der Waals surface area contributed by atoms with Gasteiger partial charge < -0.3 is 14.9 Å². The van der Waals surface area contributed by atoms with Crippen molar-refractivity contribution in [1.82, 2.24) is 5.32 Å². The van der Waals surface area contributed by atoms with Crippen LogP contribution in [-0.4, -0.2) is 17.9 Å². The summed E-state index contributed by atoms with van der Waals surface area (Å²) in [5.41, 5.74) is 2.20. The van der Waals surface area contributed by atoms with Gasteiger partial charge in [0.05, 0.1) is 5.71 Å². The third-order valence-electron chi connectivity index (χ3n) is 6.31. The zero-order valence-corrected chi connectivity index (χ0v) is 19.0. The van der Waals surface area contributed by atoms with Gasteiger partial charge in [0.2, 0.25) is 0 Å². The summed E-state index contributed by atoms with van der Waals surface area (Å²) in [5.74, 6) is 0.513. The molecule has 170 valence electrons. The fraction of sp³-hybridized carbons (Fsp3) is 0.172. The first-order chi connectivity index (χ1) is 16.6. The molecule has 0 aliphatic carbocycles. The van der Waals surface area contributed by atoms with E-state index in [1.807, 2.05) is 91.9 Å². The number of oxime groups is 1. The highest BCUT2D eigenvalue weighted by Gasteiger charge is 2.43. The van der Waals surface area contributed by atoms with Gasteiger partial charge in [-0.15, -0.1) is 0 Å². The first-order valence-corrected chi connectivity index (χ1v) is 11.4. The number of nitrogens with zero attached hydrogens (tertiary/aromatic N) is 1. The Morgan fingerprint density at radius 3 is 2.41 bits per heavy atom. The minimum Gasteiger partial charge on any atom is -0.410 e. The van der Waals surface area contributed by atoms with Crippen LogP contribution in [0.3, 0.4) is 0 Å². The van der Waals surface area contributed by atoms with Gasteiger partial charge in [0.1, 0.15) is 11.3 Å². The molecule has 1 heterocycles. The molecule has 34 heavy (non-hydrogen) atoms. The lowest BCUT2D eigenvalue weighted by Gasteiger charge is -2.34. The smallest absolute Gasteiger partial charge is 0.410 e. The lowest BCUT2D eigenvalue weighted by atomic mass is 9.83. The van der Waals surface area contributed by atoms with E-state index in [9.17, 15) is 4.79 Å². The molecule has 5 rings (SSSR count). The number of fused-ring (bicyclic) bond motifs is 1. The summed E-state index contributed by atoms with van der Waals surface area (Å²) in [6, 6.07) is 33.5. The molecule has 5 nitrogen and oxygen atoms in total. The Balaban J connectivity index is 1.36. The van der Waals surface area contributed by atoms with Crippen LogP contribution in [0.2, 0.25) is 0 Å². The highest BCUT2D eigenvalue weighted by molar-refractivity contribution is 5.90. The number of carbonyl (C=O) groups excluding carboxylic acids is 1. The maximum Gasteiger partial charge on any atom is 0.413 e. The standard InChI is InChI=1S/C29H26N2O3/c1-29(23-15-6-3-7-16-23,27-20-24(31-34-27)19-21-11-4-2-5-12-21)30-28(32)33-26-18-10-14-22-13-8-9-17-25(22)26/h2-18,27H,19-20H2,1H3,(H,30,32). The molecule has 0 spiro atoms. The average molecular weight is 451 g/mol. The Kier molecular flexibility index (Phi) is 6.00. The van der Waals surface area contributed by atoms with Crippen molar-refractivity contribution in [2.75, 3.05) is 0 Å². The summed E-state index contributed by atoms with van der Waals surface area (Å²) >= 11 is 0. The van der Waals surface area contributed by atoms with Gasteiger partial charge in [0.15, 0.2) is 6.10 Å². The van der Waals surface area contributed by atoms with Gasteiger partial charge in [-0.3, -0.25) is 0 Å². The molecule has 4 aromatic rings. The zero-order chi connectivity index (χ0) is 23.4. The van der Waals surface area contributed by atoms with Gasteiger partial charge in [-0.25, -0.2) is 4.79 Å². The quantitative estimate of drug-likeness (QED) is 0.379. The summed E-state index contributed by atoms with van der Waals surface area (Å²) in [7, 11) is 0. The molecule has 0 saturated carbocycles. The second-order valence-corrected chi connectivity index (χ2v) is 8.68. The predicted molar refractivity (Wildman–Crippen MR) is 134 cm³/mol. The maximum absolute atomic E-state index is 13.1. The summed E-state index contributed by atoms with van der Waals surface area (Å²) in [6.45, 7) is 1.96. The molecule has 2 unspecified atom stereocenters. The van der Waals surface area contributed by atoms with E-state index in [0.717, 1.165) is 22.0 Å². The molecule has 0 saturated heterocycles. The van der Waals surface area contributed by atoms with Crippen LogP contribution in [0.5, 0.6) is 5.75 Å². The molecule has 1 aliphatic rings. The number of hydrogen-bond donors (Lipinski definition) is 1. The third kappa shape index (κ3) is 4.50. The second kappa shape index (κ2) is 9.40. The van der Waals surface area contributed by atoms with Gasteiger partial charge in [0, 0.05) is 18.2 Å². The molecule has 1 aliphatic heterocycles. The maximum atomic E-state index is 13.1. The van der Waals surface area contributed by atoms with E-state index in [1.165, 1.54) is 5.56 Å². The summed E-state index contributed by atoms with van der Waals surface area (Å²) in [4.78, 5) is 19.0. The van der Waals surface area contributed by atoms with Crippen LogP contribution >= 0.6 is 0 Å². The van der Waals surface area contributed by atoms with Gasteiger partial charge in [-0.1, -0.05) is 102 Å². The third-order valence-corrected chi connectivity index (χ3v) is 6.31. The van der Waals surface area contributed by atoms with Crippen molar-refractivity contribution in [1.29, 1.82) is 0 Å². The van der Waals surface area contributed by atoms with E-state index in [4.69, 9.17) is 9.57 Å². The lowest BCUT2D eigenvalue weighted by Crippen LogP contribution is -2.52. The molecule has 1 N–H and O–H groups in total. The fourth-order valence-electron chi connectivity index (χ4n) is 4.42. The zero-order valence-electron chi connectivity index (χ0n) is 19.0. The van der Waals surface area contributed by atoms with Crippen molar-refractivity contribution in [3.8, 4) is 5.75 Å². The van der Waals surface area contributed by atoms with Crippen LogP contribution in [0.4, 0.5) is 4.79 Å². The topological polar surface area (TPSA) is 59.9 Å². The molecular weight excluding hydrogens is 424 g/mol. The van der Waals surface area contributed by atoms with E-state index in [1.54, 1.807) is 6.07 Å². The lowest BCUT2D eigenvalue weighted by molar-refractivity contribution is 0.0154. The second-order valence-electron chi connectivity index (χ2n) is 8.68.